The van der Waals surface area contributed by atoms with Crippen molar-refractivity contribution in [3.63, 3.8) is 0 Å². The lowest BCUT2D eigenvalue weighted by atomic mass is 10.0. The normalized spacial score (nSPS) is 25.2. The second kappa shape index (κ2) is 4.42. The fourth-order valence-corrected chi connectivity index (χ4v) is 2.63. The van der Waals surface area contributed by atoms with Crippen molar-refractivity contribution < 1.29 is 0 Å². The van der Waals surface area contributed by atoms with Gasteiger partial charge in [0.15, 0.2) is 0 Å². The van der Waals surface area contributed by atoms with E-state index < -0.39 is 0 Å². The van der Waals surface area contributed by atoms with Crippen LogP contribution >= 0.6 is 0 Å². The zero-order valence-corrected chi connectivity index (χ0v) is 11.1. The Hall–Kier alpha value is -0.0800. The van der Waals surface area contributed by atoms with Crippen LogP contribution in [0.1, 0.15) is 53.9 Å². The third-order valence-corrected chi connectivity index (χ3v) is 4.54. The summed E-state index contributed by atoms with van der Waals surface area (Å²) in [6.45, 7) is 12.6. The van der Waals surface area contributed by atoms with E-state index in [4.69, 9.17) is 5.73 Å². The maximum atomic E-state index is 5.99. The Kier molecular flexibility index (Phi) is 3.83. The molecule has 1 aliphatic carbocycles. The molecule has 0 saturated heterocycles. The van der Waals surface area contributed by atoms with Crippen LogP contribution in [-0.2, 0) is 0 Å². The maximum absolute atomic E-state index is 5.99. The lowest BCUT2D eigenvalue weighted by molar-refractivity contribution is 0.457. The minimum absolute atomic E-state index is 0.382. The van der Waals surface area contributed by atoms with Gasteiger partial charge in [-0.05, 0) is 30.2 Å². The molecule has 0 spiro atoms. The van der Waals surface area contributed by atoms with Crippen molar-refractivity contribution in [1.82, 2.24) is 5.32 Å². The van der Waals surface area contributed by atoms with Crippen LogP contribution in [-0.4, -0.2) is 18.6 Å². The molecule has 15 heavy (non-hydrogen) atoms. The number of nitrogens with two attached hydrogens (primary N) is 1. The van der Waals surface area contributed by atoms with Gasteiger partial charge in [-0.2, -0.15) is 0 Å². The second-order valence-corrected chi connectivity index (χ2v) is 6.17. The van der Waals surface area contributed by atoms with Crippen LogP contribution in [0, 0.1) is 10.8 Å². The zero-order valence-electron chi connectivity index (χ0n) is 11.1. The standard InChI is InChI=1S/C13H28N2/c1-6-7-10(14)8-9-15-11-12(2,3)13(11,4)5/h10-11,15H,6-9,14H2,1-5H3. The molecular formula is C13H28N2. The van der Waals surface area contributed by atoms with E-state index in [0.29, 0.717) is 22.9 Å². The minimum atomic E-state index is 0.382. The summed E-state index contributed by atoms with van der Waals surface area (Å²) in [4.78, 5) is 0. The van der Waals surface area contributed by atoms with E-state index in [-0.39, 0.29) is 0 Å². The van der Waals surface area contributed by atoms with E-state index in [1.807, 2.05) is 0 Å². The SMILES string of the molecule is CCCC(N)CCNC1C(C)(C)C1(C)C. The van der Waals surface area contributed by atoms with E-state index in [0.717, 1.165) is 19.4 Å². The molecule has 2 nitrogen and oxygen atoms in total. The lowest BCUT2D eigenvalue weighted by Crippen LogP contribution is -2.29. The van der Waals surface area contributed by atoms with Gasteiger partial charge in [0.2, 0.25) is 0 Å². The Morgan fingerprint density at radius 2 is 1.67 bits per heavy atom. The third kappa shape index (κ3) is 2.54. The molecule has 0 aliphatic heterocycles. The van der Waals surface area contributed by atoms with Crippen LogP contribution in [0.2, 0.25) is 0 Å². The van der Waals surface area contributed by atoms with Crippen LogP contribution in [0.15, 0.2) is 0 Å². The molecule has 1 atom stereocenters. The first-order valence-electron chi connectivity index (χ1n) is 6.33. The number of hydrogen-bond donors (Lipinski definition) is 2. The molecule has 0 aromatic heterocycles. The molecule has 0 heterocycles. The summed E-state index contributed by atoms with van der Waals surface area (Å²) in [5.74, 6) is 0. The quantitative estimate of drug-likeness (QED) is 0.710. The molecular weight excluding hydrogens is 184 g/mol. The Morgan fingerprint density at radius 3 is 2.07 bits per heavy atom. The molecule has 3 N–H and O–H groups in total. The minimum Gasteiger partial charge on any atom is -0.328 e. The molecule has 1 aliphatic rings. The maximum Gasteiger partial charge on any atom is 0.0181 e. The average molecular weight is 212 g/mol. The van der Waals surface area contributed by atoms with Gasteiger partial charge in [0.25, 0.3) is 0 Å². The van der Waals surface area contributed by atoms with Crippen molar-refractivity contribution in [2.24, 2.45) is 16.6 Å². The molecule has 1 rings (SSSR count). The van der Waals surface area contributed by atoms with Crippen molar-refractivity contribution in [2.45, 2.75) is 66.0 Å². The Morgan fingerprint density at radius 1 is 1.13 bits per heavy atom. The first-order chi connectivity index (χ1) is 6.84. The summed E-state index contributed by atoms with van der Waals surface area (Å²) < 4.78 is 0. The van der Waals surface area contributed by atoms with Crippen molar-refractivity contribution in [3.05, 3.63) is 0 Å². The molecule has 1 fully saturated rings. The van der Waals surface area contributed by atoms with Crippen LogP contribution < -0.4 is 11.1 Å². The van der Waals surface area contributed by atoms with E-state index in [1.54, 1.807) is 0 Å². The van der Waals surface area contributed by atoms with Gasteiger partial charge in [0, 0.05) is 12.1 Å². The topological polar surface area (TPSA) is 38.0 Å². The molecule has 0 amide bonds. The first kappa shape index (κ1) is 13.0. The molecule has 2 heteroatoms. The highest BCUT2D eigenvalue weighted by Crippen LogP contribution is 2.62. The summed E-state index contributed by atoms with van der Waals surface area (Å²) in [5, 5.41) is 3.65. The zero-order chi connectivity index (χ0) is 11.7. The molecule has 0 aromatic carbocycles. The number of rotatable bonds is 6. The summed E-state index contributed by atoms with van der Waals surface area (Å²) >= 11 is 0. The third-order valence-electron chi connectivity index (χ3n) is 4.54. The predicted molar refractivity (Wildman–Crippen MR) is 66.9 cm³/mol. The van der Waals surface area contributed by atoms with Crippen LogP contribution in [0.5, 0.6) is 0 Å². The van der Waals surface area contributed by atoms with Gasteiger partial charge < -0.3 is 11.1 Å². The highest BCUT2D eigenvalue weighted by Gasteiger charge is 2.64. The van der Waals surface area contributed by atoms with E-state index in [9.17, 15) is 0 Å². The van der Waals surface area contributed by atoms with Crippen LogP contribution in [0.25, 0.3) is 0 Å². The smallest absolute Gasteiger partial charge is 0.0181 e. The van der Waals surface area contributed by atoms with Gasteiger partial charge in [0.05, 0.1) is 0 Å². The highest BCUT2D eigenvalue weighted by atomic mass is 15.0. The van der Waals surface area contributed by atoms with E-state index in [2.05, 4.69) is 39.9 Å². The van der Waals surface area contributed by atoms with Gasteiger partial charge in [-0.3, -0.25) is 0 Å². The number of nitrogens with one attached hydrogen (secondary N) is 1. The van der Waals surface area contributed by atoms with Gasteiger partial charge in [-0.25, -0.2) is 0 Å². The Balaban J connectivity index is 2.18. The largest absolute Gasteiger partial charge is 0.328 e. The van der Waals surface area contributed by atoms with Crippen molar-refractivity contribution in [2.75, 3.05) is 6.54 Å². The fourth-order valence-electron chi connectivity index (χ4n) is 2.63. The molecule has 0 bridgehead atoms. The molecule has 90 valence electrons. The summed E-state index contributed by atoms with van der Waals surface area (Å²) in [5.41, 5.74) is 6.88. The van der Waals surface area contributed by atoms with E-state index >= 15 is 0 Å². The Bertz CT molecular complexity index is 195. The Labute approximate surface area is 95.0 Å². The summed E-state index contributed by atoms with van der Waals surface area (Å²) in [6.07, 6.45) is 3.46. The second-order valence-electron chi connectivity index (χ2n) is 6.17. The van der Waals surface area contributed by atoms with Crippen molar-refractivity contribution >= 4 is 0 Å². The van der Waals surface area contributed by atoms with Crippen molar-refractivity contribution in [1.29, 1.82) is 0 Å². The van der Waals surface area contributed by atoms with Gasteiger partial charge in [-0.1, -0.05) is 41.0 Å². The van der Waals surface area contributed by atoms with Gasteiger partial charge in [-0.15, -0.1) is 0 Å². The molecule has 0 aromatic rings. The van der Waals surface area contributed by atoms with Crippen LogP contribution in [0.4, 0.5) is 0 Å². The van der Waals surface area contributed by atoms with Gasteiger partial charge >= 0.3 is 0 Å². The lowest BCUT2D eigenvalue weighted by Gasteiger charge is -2.11. The summed E-state index contributed by atoms with van der Waals surface area (Å²) in [7, 11) is 0. The summed E-state index contributed by atoms with van der Waals surface area (Å²) in [6, 6.07) is 1.05. The van der Waals surface area contributed by atoms with Gasteiger partial charge in [0.1, 0.15) is 0 Å². The molecule has 1 saturated carbocycles. The molecule has 0 radical (unpaired) electrons. The predicted octanol–water partition coefficient (Wildman–Crippen LogP) is 2.53. The first-order valence-corrected chi connectivity index (χ1v) is 6.33. The average Bonchev–Trinajstić information content (AvgIpc) is 2.48. The fraction of sp³-hybridized carbons (Fsp3) is 1.00. The monoisotopic (exact) mass is 212 g/mol. The van der Waals surface area contributed by atoms with E-state index in [1.165, 1.54) is 6.42 Å². The van der Waals surface area contributed by atoms with Crippen molar-refractivity contribution in [3.8, 4) is 0 Å². The van der Waals surface area contributed by atoms with Crippen LogP contribution in [0.3, 0.4) is 0 Å². The highest BCUT2D eigenvalue weighted by molar-refractivity contribution is 5.17. The number of hydrogen-bond acceptors (Lipinski definition) is 2. The molecule has 1 unspecified atom stereocenters.